The minimum Gasteiger partial charge on any atom is -0.493 e. The van der Waals surface area contributed by atoms with Gasteiger partial charge >= 0.3 is 0 Å². The van der Waals surface area contributed by atoms with E-state index in [2.05, 4.69) is 4.98 Å². The van der Waals surface area contributed by atoms with E-state index in [-0.39, 0.29) is 29.3 Å². The summed E-state index contributed by atoms with van der Waals surface area (Å²) >= 11 is 0. The Balaban J connectivity index is 1.19. The van der Waals surface area contributed by atoms with Gasteiger partial charge in [0.25, 0.3) is 0 Å². The van der Waals surface area contributed by atoms with Gasteiger partial charge in [0.2, 0.25) is 0 Å². The van der Waals surface area contributed by atoms with Gasteiger partial charge in [-0.25, -0.2) is 13.4 Å². The molecule has 0 aliphatic rings. The molecule has 0 saturated heterocycles. The van der Waals surface area contributed by atoms with Crippen molar-refractivity contribution in [3.05, 3.63) is 96.7 Å². The number of aromatic nitrogens is 1. The summed E-state index contributed by atoms with van der Waals surface area (Å²) in [5, 5.41) is 1.09. The Morgan fingerprint density at radius 3 is 2.34 bits per heavy atom. The first-order valence-corrected chi connectivity index (χ1v) is 13.1. The van der Waals surface area contributed by atoms with E-state index >= 15 is 0 Å². The molecule has 4 rings (SSSR count). The topological polar surface area (TPSA) is 82.6 Å². The number of carbonyl (C=O) groups excluding carboxylic acids is 1. The van der Waals surface area contributed by atoms with E-state index in [0.717, 1.165) is 16.6 Å². The molecular weight excluding hydrogens is 462 g/mol. The van der Waals surface area contributed by atoms with Crippen LogP contribution in [0.2, 0.25) is 0 Å². The Labute approximate surface area is 205 Å². The van der Waals surface area contributed by atoms with Crippen LogP contribution in [-0.2, 0) is 21.2 Å². The zero-order chi connectivity index (χ0) is 24.5. The zero-order valence-electron chi connectivity index (χ0n) is 19.3. The first kappa shape index (κ1) is 24.4. The van der Waals surface area contributed by atoms with Crippen LogP contribution in [-0.4, -0.2) is 31.5 Å². The fourth-order valence-electron chi connectivity index (χ4n) is 3.58. The van der Waals surface area contributed by atoms with Gasteiger partial charge in [0, 0.05) is 24.3 Å². The van der Waals surface area contributed by atoms with Crippen molar-refractivity contribution in [3.63, 3.8) is 0 Å². The smallest absolute Gasteiger partial charge is 0.178 e. The Morgan fingerprint density at radius 2 is 1.51 bits per heavy atom. The third-order valence-electron chi connectivity index (χ3n) is 5.47. The summed E-state index contributed by atoms with van der Waals surface area (Å²) in [6.45, 7) is 0.696. The van der Waals surface area contributed by atoms with E-state index in [9.17, 15) is 13.2 Å². The molecule has 0 radical (unpaired) electrons. The van der Waals surface area contributed by atoms with Gasteiger partial charge in [0.1, 0.15) is 23.9 Å². The van der Waals surface area contributed by atoms with Crippen molar-refractivity contribution in [1.29, 1.82) is 0 Å². The number of pyridine rings is 1. The summed E-state index contributed by atoms with van der Waals surface area (Å²) in [5.41, 5.74) is 1.76. The first-order valence-electron chi connectivity index (χ1n) is 11.5. The molecule has 0 bridgehead atoms. The number of benzene rings is 3. The molecule has 1 heterocycles. The molecule has 7 heteroatoms. The second-order valence-corrected chi connectivity index (χ2v) is 10.2. The SMILES string of the molecule is O=C(CCCOc1cccc(OCc2ccc3ccccc3n2)c1)CCS(=O)(=O)c1ccccc1. The molecule has 0 aliphatic carbocycles. The molecule has 6 nitrogen and oxygen atoms in total. The molecule has 4 aromatic rings. The van der Waals surface area contributed by atoms with Crippen molar-refractivity contribution in [2.45, 2.75) is 30.8 Å². The maximum Gasteiger partial charge on any atom is 0.178 e. The van der Waals surface area contributed by atoms with E-state index < -0.39 is 9.84 Å². The Hall–Kier alpha value is -3.71. The van der Waals surface area contributed by atoms with Crippen molar-refractivity contribution in [3.8, 4) is 11.5 Å². The highest BCUT2D eigenvalue weighted by atomic mass is 32.2. The number of Topliss-reactive ketones (excluding diaryl/α,β-unsaturated/α-hetero) is 1. The first-order chi connectivity index (χ1) is 17.0. The van der Waals surface area contributed by atoms with E-state index in [1.807, 2.05) is 54.6 Å². The molecule has 0 fully saturated rings. The number of carbonyl (C=O) groups is 1. The molecule has 0 atom stereocenters. The Kier molecular flexibility index (Phi) is 8.11. The lowest BCUT2D eigenvalue weighted by molar-refractivity contribution is -0.118. The van der Waals surface area contributed by atoms with Gasteiger partial charge in [0.05, 0.1) is 28.5 Å². The molecule has 0 saturated carbocycles. The molecule has 0 amide bonds. The van der Waals surface area contributed by atoms with Gasteiger partial charge in [-0.15, -0.1) is 0 Å². The van der Waals surface area contributed by atoms with Crippen LogP contribution in [0.25, 0.3) is 10.9 Å². The standard InChI is InChI=1S/C28H27NO5S/c30-24(17-19-35(31,32)27-12-2-1-3-13-27)9-7-18-33-25-10-6-11-26(20-25)34-21-23-16-15-22-8-4-5-14-28(22)29-23/h1-6,8,10-16,20H,7,9,17-19,21H2. The maximum absolute atomic E-state index is 12.3. The fourth-order valence-corrected chi connectivity index (χ4v) is 4.88. The van der Waals surface area contributed by atoms with Crippen molar-refractivity contribution in [2.75, 3.05) is 12.4 Å². The molecule has 3 aromatic carbocycles. The van der Waals surface area contributed by atoms with Crippen LogP contribution in [0.15, 0.2) is 95.9 Å². The predicted molar refractivity (Wildman–Crippen MR) is 135 cm³/mol. The number of nitrogens with zero attached hydrogens (tertiary/aromatic N) is 1. The van der Waals surface area contributed by atoms with Crippen LogP contribution < -0.4 is 9.47 Å². The quantitative estimate of drug-likeness (QED) is 0.248. The molecular formula is C28H27NO5S. The second kappa shape index (κ2) is 11.6. The van der Waals surface area contributed by atoms with Gasteiger partial charge in [0.15, 0.2) is 9.84 Å². The van der Waals surface area contributed by atoms with Gasteiger partial charge in [-0.2, -0.15) is 0 Å². The summed E-state index contributed by atoms with van der Waals surface area (Å²) in [6.07, 6.45) is 0.786. The summed E-state index contributed by atoms with van der Waals surface area (Å²) < 4.78 is 36.2. The molecule has 180 valence electrons. The number of sulfone groups is 1. The Morgan fingerprint density at radius 1 is 0.771 bits per heavy atom. The van der Waals surface area contributed by atoms with Gasteiger partial charge in [-0.3, -0.25) is 4.79 Å². The fraction of sp³-hybridized carbons (Fsp3) is 0.214. The molecule has 0 aliphatic heterocycles. The summed E-state index contributed by atoms with van der Waals surface area (Å²) in [4.78, 5) is 17.0. The van der Waals surface area contributed by atoms with Gasteiger partial charge in [-0.1, -0.05) is 48.5 Å². The number of hydrogen-bond donors (Lipinski definition) is 0. The summed E-state index contributed by atoms with van der Waals surface area (Å²) in [5.74, 6) is 1.04. The third-order valence-corrected chi connectivity index (χ3v) is 7.20. The van der Waals surface area contributed by atoms with E-state index in [4.69, 9.17) is 9.47 Å². The van der Waals surface area contributed by atoms with E-state index in [1.54, 1.807) is 36.4 Å². The van der Waals surface area contributed by atoms with Crippen LogP contribution in [0.4, 0.5) is 0 Å². The molecule has 0 N–H and O–H groups in total. The van der Waals surface area contributed by atoms with Crippen molar-refractivity contribution in [1.82, 2.24) is 4.98 Å². The van der Waals surface area contributed by atoms with Crippen LogP contribution >= 0.6 is 0 Å². The lowest BCUT2D eigenvalue weighted by Gasteiger charge is -2.10. The minimum absolute atomic E-state index is 0.00333. The molecule has 1 aromatic heterocycles. The van der Waals surface area contributed by atoms with E-state index in [0.29, 0.717) is 31.1 Å². The number of hydrogen-bond acceptors (Lipinski definition) is 6. The van der Waals surface area contributed by atoms with Gasteiger partial charge < -0.3 is 9.47 Å². The van der Waals surface area contributed by atoms with Crippen molar-refractivity contribution < 1.29 is 22.7 Å². The van der Waals surface area contributed by atoms with Crippen LogP contribution in [0.1, 0.15) is 25.0 Å². The van der Waals surface area contributed by atoms with E-state index in [1.165, 1.54) is 0 Å². The zero-order valence-corrected chi connectivity index (χ0v) is 20.1. The highest BCUT2D eigenvalue weighted by Crippen LogP contribution is 2.21. The van der Waals surface area contributed by atoms with Crippen molar-refractivity contribution >= 4 is 26.5 Å². The highest BCUT2D eigenvalue weighted by molar-refractivity contribution is 7.91. The third kappa shape index (κ3) is 7.13. The number of ketones is 1. The second-order valence-electron chi connectivity index (χ2n) is 8.13. The lowest BCUT2D eigenvalue weighted by atomic mass is 10.2. The molecule has 35 heavy (non-hydrogen) atoms. The lowest BCUT2D eigenvalue weighted by Crippen LogP contribution is -2.12. The van der Waals surface area contributed by atoms with Crippen molar-refractivity contribution in [2.24, 2.45) is 0 Å². The van der Waals surface area contributed by atoms with Crippen LogP contribution in [0, 0.1) is 0 Å². The van der Waals surface area contributed by atoms with Crippen LogP contribution in [0.3, 0.4) is 0 Å². The highest BCUT2D eigenvalue weighted by Gasteiger charge is 2.16. The monoisotopic (exact) mass is 489 g/mol. The molecule has 0 spiro atoms. The largest absolute Gasteiger partial charge is 0.493 e. The summed E-state index contributed by atoms with van der Waals surface area (Å²) in [7, 11) is -3.44. The van der Waals surface area contributed by atoms with Crippen LogP contribution in [0.5, 0.6) is 11.5 Å². The average molecular weight is 490 g/mol. The number of ether oxygens (including phenoxy) is 2. The number of para-hydroxylation sites is 1. The Bertz CT molecular complexity index is 1390. The number of fused-ring (bicyclic) bond motifs is 1. The number of rotatable bonds is 12. The minimum atomic E-state index is -3.44. The normalized spacial score (nSPS) is 11.3. The van der Waals surface area contributed by atoms with Gasteiger partial charge in [-0.05, 0) is 42.8 Å². The molecule has 0 unspecified atom stereocenters. The maximum atomic E-state index is 12.3. The summed E-state index contributed by atoms with van der Waals surface area (Å²) in [6, 6.07) is 27.4. The average Bonchev–Trinajstić information content (AvgIpc) is 2.89. The predicted octanol–water partition coefficient (Wildman–Crippen LogP) is 5.41.